The smallest absolute Gasteiger partial charge is 0.197 e. The summed E-state index contributed by atoms with van der Waals surface area (Å²) in [6, 6.07) is 0. The number of carbonyl (C=O) groups excluding carboxylic acids is 1. The van der Waals surface area contributed by atoms with E-state index in [0.717, 1.165) is 37.9 Å². The number of ketones is 1. The van der Waals surface area contributed by atoms with Crippen molar-refractivity contribution in [1.82, 2.24) is 0 Å². The van der Waals surface area contributed by atoms with Gasteiger partial charge in [0.25, 0.3) is 0 Å². The molecule has 3 nitrogen and oxygen atoms in total. The van der Waals surface area contributed by atoms with Crippen molar-refractivity contribution in [2.75, 3.05) is 6.61 Å². The van der Waals surface area contributed by atoms with Crippen molar-refractivity contribution in [3.05, 3.63) is 11.3 Å². The molecule has 0 amide bonds. The maximum Gasteiger partial charge on any atom is 0.197 e. The summed E-state index contributed by atoms with van der Waals surface area (Å²) in [5.41, 5.74) is 1.21. The maximum absolute atomic E-state index is 11.9. The first kappa shape index (κ1) is 13.8. The first-order valence-corrected chi connectivity index (χ1v) is 8.55. The molecule has 1 aliphatic heterocycles. The van der Waals surface area contributed by atoms with Crippen molar-refractivity contribution in [2.45, 2.75) is 64.4 Å². The van der Waals surface area contributed by atoms with Gasteiger partial charge in [-0.15, -0.1) is 0 Å². The lowest BCUT2D eigenvalue weighted by molar-refractivity contribution is -0.123. The van der Waals surface area contributed by atoms with Crippen molar-refractivity contribution < 1.29 is 14.6 Å². The van der Waals surface area contributed by atoms with Crippen molar-refractivity contribution in [1.29, 1.82) is 0 Å². The van der Waals surface area contributed by atoms with Gasteiger partial charge < -0.3 is 9.84 Å². The van der Waals surface area contributed by atoms with Crippen LogP contribution in [0.15, 0.2) is 11.3 Å². The molecule has 5 atom stereocenters. The Morgan fingerprint density at radius 3 is 2.71 bits per heavy atom. The van der Waals surface area contributed by atoms with Crippen LogP contribution in [0.5, 0.6) is 0 Å². The van der Waals surface area contributed by atoms with Crippen LogP contribution in [-0.2, 0) is 9.53 Å². The minimum atomic E-state index is -0.0363. The molecule has 4 aliphatic rings. The van der Waals surface area contributed by atoms with Crippen LogP contribution in [0.25, 0.3) is 0 Å². The molecule has 0 unspecified atom stereocenters. The summed E-state index contributed by atoms with van der Waals surface area (Å²) in [5.74, 6) is 2.08. The summed E-state index contributed by atoms with van der Waals surface area (Å²) < 4.78 is 6.08. The minimum absolute atomic E-state index is 0.0363. The topological polar surface area (TPSA) is 46.5 Å². The van der Waals surface area contributed by atoms with Crippen LogP contribution in [0.2, 0.25) is 0 Å². The molecule has 0 bridgehead atoms. The van der Waals surface area contributed by atoms with E-state index in [1.807, 2.05) is 0 Å². The maximum atomic E-state index is 11.9. The van der Waals surface area contributed by atoms with Crippen LogP contribution in [0.1, 0.15) is 58.8 Å². The van der Waals surface area contributed by atoms with E-state index in [1.54, 1.807) is 0 Å². The predicted octanol–water partition coefficient (Wildman–Crippen LogP) is 3.78. The summed E-state index contributed by atoms with van der Waals surface area (Å²) in [6.45, 7) is 5.52. The molecule has 1 saturated heterocycles. The first-order valence-electron chi connectivity index (χ1n) is 8.55. The first-order chi connectivity index (χ1) is 9.96. The highest BCUT2D eigenvalue weighted by Gasteiger charge is 2.57. The number of Topliss-reactive ketones (excluding diaryl/α,β-unsaturated/α-hetero) is 1. The molecule has 0 aromatic rings. The van der Waals surface area contributed by atoms with E-state index in [-0.39, 0.29) is 22.6 Å². The van der Waals surface area contributed by atoms with Gasteiger partial charge in [-0.2, -0.15) is 0 Å². The second kappa shape index (κ2) is 4.34. The zero-order chi connectivity index (χ0) is 14.8. The van der Waals surface area contributed by atoms with E-state index in [9.17, 15) is 9.90 Å². The summed E-state index contributed by atoms with van der Waals surface area (Å²) in [5, 5.41) is 10.3. The number of allylic oxidation sites excluding steroid dienone is 2. The standard InChI is InChI=1S/C18H26O3/c1-17-8-6-15(19)16(20)14(17)4-3-11-12(17)5-9-18(2)13(11)7-10-21-18/h11-13,20H,3-10H2,1-2H3/t11-,12+,13+,17-,18+/m1/s1. The van der Waals surface area contributed by atoms with Gasteiger partial charge in [-0.05, 0) is 74.2 Å². The highest BCUT2D eigenvalue weighted by atomic mass is 16.5. The average Bonchev–Trinajstić information content (AvgIpc) is 2.85. The quantitative estimate of drug-likeness (QED) is 0.738. The largest absolute Gasteiger partial charge is 0.504 e. The molecule has 0 aromatic carbocycles. The normalized spacial score (nSPS) is 49.6. The van der Waals surface area contributed by atoms with Crippen LogP contribution in [0.3, 0.4) is 0 Å². The summed E-state index contributed by atoms with van der Waals surface area (Å²) in [6.07, 6.45) is 6.98. The Kier molecular flexibility index (Phi) is 2.86. The van der Waals surface area contributed by atoms with E-state index < -0.39 is 0 Å². The molecule has 3 heteroatoms. The highest BCUT2D eigenvalue weighted by Crippen LogP contribution is 2.62. The van der Waals surface area contributed by atoms with Crippen LogP contribution in [0.4, 0.5) is 0 Å². The Balaban J connectivity index is 1.72. The van der Waals surface area contributed by atoms with E-state index in [4.69, 9.17) is 4.74 Å². The van der Waals surface area contributed by atoms with Crippen molar-refractivity contribution in [2.24, 2.45) is 23.2 Å². The molecule has 1 heterocycles. The third kappa shape index (κ3) is 1.73. The number of hydrogen-bond donors (Lipinski definition) is 1. The summed E-state index contributed by atoms with van der Waals surface area (Å²) in [7, 11) is 0. The lowest BCUT2D eigenvalue weighted by Crippen LogP contribution is -2.52. The molecular formula is C18H26O3. The van der Waals surface area contributed by atoms with E-state index in [0.29, 0.717) is 24.2 Å². The summed E-state index contributed by atoms with van der Waals surface area (Å²) >= 11 is 0. The van der Waals surface area contributed by atoms with Crippen LogP contribution in [-0.4, -0.2) is 23.1 Å². The van der Waals surface area contributed by atoms with Crippen LogP contribution in [0, 0.1) is 23.2 Å². The third-order valence-electron chi connectivity index (χ3n) is 7.29. The zero-order valence-electron chi connectivity index (χ0n) is 13.2. The summed E-state index contributed by atoms with van der Waals surface area (Å²) in [4.78, 5) is 11.9. The number of aliphatic hydroxyl groups excluding tert-OH is 1. The Morgan fingerprint density at radius 2 is 1.90 bits per heavy atom. The van der Waals surface area contributed by atoms with Crippen molar-refractivity contribution >= 4 is 5.78 Å². The molecular weight excluding hydrogens is 264 g/mol. The Morgan fingerprint density at radius 1 is 1.10 bits per heavy atom. The Labute approximate surface area is 126 Å². The van der Waals surface area contributed by atoms with Crippen molar-refractivity contribution in [3.8, 4) is 0 Å². The van der Waals surface area contributed by atoms with Gasteiger partial charge in [0.15, 0.2) is 11.5 Å². The van der Waals surface area contributed by atoms with Gasteiger partial charge in [-0.25, -0.2) is 0 Å². The van der Waals surface area contributed by atoms with Gasteiger partial charge in [-0.3, -0.25) is 4.79 Å². The fraction of sp³-hybridized carbons (Fsp3) is 0.833. The number of hydrogen-bond acceptors (Lipinski definition) is 3. The average molecular weight is 290 g/mol. The molecule has 0 spiro atoms. The van der Waals surface area contributed by atoms with Gasteiger partial charge in [0.05, 0.1) is 5.60 Å². The monoisotopic (exact) mass is 290 g/mol. The number of rotatable bonds is 0. The van der Waals surface area contributed by atoms with Gasteiger partial charge >= 0.3 is 0 Å². The van der Waals surface area contributed by atoms with Gasteiger partial charge in [0, 0.05) is 13.0 Å². The second-order valence-electron chi connectivity index (χ2n) is 8.07. The Bertz CT molecular complexity index is 523. The van der Waals surface area contributed by atoms with Gasteiger partial charge in [0.1, 0.15) is 0 Å². The van der Waals surface area contributed by atoms with E-state index in [1.165, 1.54) is 12.8 Å². The fourth-order valence-corrected chi connectivity index (χ4v) is 6.09. The third-order valence-corrected chi connectivity index (χ3v) is 7.29. The molecule has 0 aromatic heterocycles. The molecule has 3 fully saturated rings. The molecule has 2 saturated carbocycles. The number of ether oxygens (including phenoxy) is 1. The van der Waals surface area contributed by atoms with Gasteiger partial charge in [-0.1, -0.05) is 6.92 Å². The molecule has 3 aliphatic carbocycles. The number of fused-ring (bicyclic) bond motifs is 5. The molecule has 1 N–H and O–H groups in total. The molecule has 116 valence electrons. The van der Waals surface area contributed by atoms with Crippen LogP contribution < -0.4 is 0 Å². The number of carbonyl (C=O) groups is 1. The zero-order valence-corrected chi connectivity index (χ0v) is 13.2. The predicted molar refractivity (Wildman–Crippen MR) is 79.9 cm³/mol. The van der Waals surface area contributed by atoms with E-state index in [2.05, 4.69) is 13.8 Å². The van der Waals surface area contributed by atoms with Crippen molar-refractivity contribution in [3.63, 3.8) is 0 Å². The van der Waals surface area contributed by atoms with E-state index >= 15 is 0 Å². The molecule has 0 radical (unpaired) electrons. The SMILES string of the molecule is C[C@]12CCC(=O)C(O)=C1CC[C@@H]1[C@@H]2CC[C@]2(C)OCC[C@@H]12. The second-order valence-corrected chi connectivity index (χ2v) is 8.07. The fourth-order valence-electron chi connectivity index (χ4n) is 6.09. The lowest BCUT2D eigenvalue weighted by atomic mass is 9.49. The van der Waals surface area contributed by atoms with Gasteiger partial charge in [0.2, 0.25) is 0 Å². The molecule has 21 heavy (non-hydrogen) atoms. The minimum Gasteiger partial charge on any atom is -0.504 e. The molecule has 4 rings (SSSR count). The lowest BCUT2D eigenvalue weighted by Gasteiger charge is -2.56. The highest BCUT2D eigenvalue weighted by molar-refractivity contribution is 5.95. The Hall–Kier alpha value is -0.830. The number of aliphatic hydroxyl groups is 1. The van der Waals surface area contributed by atoms with Crippen LogP contribution >= 0.6 is 0 Å².